The van der Waals surface area contributed by atoms with E-state index in [1.54, 1.807) is 6.92 Å². The molecular formula is C4H9BF3O2-. The summed E-state index contributed by atoms with van der Waals surface area (Å²) in [5.74, 6) is 0. The van der Waals surface area contributed by atoms with Crippen LogP contribution >= 0.6 is 0 Å². The van der Waals surface area contributed by atoms with Gasteiger partial charge in [0.1, 0.15) is 0 Å². The van der Waals surface area contributed by atoms with Crippen LogP contribution in [0.15, 0.2) is 0 Å². The van der Waals surface area contributed by atoms with E-state index < -0.39 is 13.8 Å². The molecule has 0 N–H and O–H groups in total. The van der Waals surface area contributed by atoms with E-state index >= 15 is 0 Å². The van der Waals surface area contributed by atoms with Crippen LogP contribution in [-0.2, 0) is 9.39 Å². The third kappa shape index (κ3) is 7.77. The molecule has 0 amide bonds. The van der Waals surface area contributed by atoms with E-state index in [-0.39, 0.29) is 6.61 Å². The second-order valence-corrected chi connectivity index (χ2v) is 1.58. The SMILES string of the molecule is CCOCCO[B-](F)(F)F. The van der Waals surface area contributed by atoms with Gasteiger partial charge in [0.15, 0.2) is 0 Å². The van der Waals surface area contributed by atoms with Gasteiger partial charge in [-0.2, -0.15) is 0 Å². The summed E-state index contributed by atoms with van der Waals surface area (Å²) >= 11 is 0. The van der Waals surface area contributed by atoms with E-state index in [0.29, 0.717) is 6.61 Å². The van der Waals surface area contributed by atoms with Gasteiger partial charge >= 0.3 is 7.18 Å². The highest BCUT2D eigenvalue weighted by molar-refractivity contribution is 6.51. The van der Waals surface area contributed by atoms with Crippen LogP contribution in [0.25, 0.3) is 0 Å². The number of ether oxygens (including phenoxy) is 1. The van der Waals surface area contributed by atoms with Crippen molar-refractivity contribution in [1.29, 1.82) is 0 Å². The Hall–Kier alpha value is -0.225. The van der Waals surface area contributed by atoms with Crippen molar-refractivity contribution < 1.29 is 22.3 Å². The first-order chi connectivity index (χ1) is 4.56. The predicted octanol–water partition coefficient (Wildman–Crippen LogP) is 1.38. The van der Waals surface area contributed by atoms with Gasteiger partial charge in [0, 0.05) is 13.2 Å². The molecule has 0 heterocycles. The quantitative estimate of drug-likeness (QED) is 0.443. The average molecular weight is 157 g/mol. The van der Waals surface area contributed by atoms with Gasteiger partial charge in [0.25, 0.3) is 0 Å². The second kappa shape index (κ2) is 4.57. The number of rotatable bonds is 5. The number of hydrogen-bond donors (Lipinski definition) is 0. The Bertz CT molecular complexity index is 85.1. The molecule has 0 aromatic rings. The van der Waals surface area contributed by atoms with Crippen molar-refractivity contribution in [1.82, 2.24) is 0 Å². The molecule has 0 saturated carbocycles. The van der Waals surface area contributed by atoms with Gasteiger partial charge in [0.05, 0.1) is 6.61 Å². The van der Waals surface area contributed by atoms with Gasteiger partial charge in [-0.1, -0.05) is 0 Å². The molecule has 0 radical (unpaired) electrons. The monoisotopic (exact) mass is 157 g/mol. The Labute approximate surface area is 57.4 Å². The van der Waals surface area contributed by atoms with Crippen LogP contribution in [0, 0.1) is 0 Å². The molecule has 0 fully saturated rings. The molecule has 2 nitrogen and oxygen atoms in total. The van der Waals surface area contributed by atoms with Crippen molar-refractivity contribution in [2.75, 3.05) is 19.8 Å². The summed E-state index contributed by atoms with van der Waals surface area (Å²) in [6.45, 7) is 1.71. The topological polar surface area (TPSA) is 18.5 Å². The highest BCUT2D eigenvalue weighted by Gasteiger charge is 2.24. The molecule has 62 valence electrons. The number of halogens is 3. The lowest BCUT2D eigenvalue weighted by molar-refractivity contribution is 0.0807. The van der Waals surface area contributed by atoms with E-state index in [4.69, 9.17) is 0 Å². The Morgan fingerprint density at radius 2 is 1.80 bits per heavy atom. The number of hydrogen-bond acceptors (Lipinski definition) is 2. The van der Waals surface area contributed by atoms with Crippen molar-refractivity contribution in [3.05, 3.63) is 0 Å². The summed E-state index contributed by atoms with van der Waals surface area (Å²) in [7, 11) is -5.10. The zero-order chi connectivity index (χ0) is 8.04. The van der Waals surface area contributed by atoms with Gasteiger partial charge in [-0.05, 0) is 6.92 Å². The van der Waals surface area contributed by atoms with Crippen molar-refractivity contribution >= 4 is 7.18 Å². The maximum Gasteiger partial charge on any atom is 0.637 e. The summed E-state index contributed by atoms with van der Waals surface area (Å²) in [6.07, 6.45) is 0. The minimum atomic E-state index is -5.10. The van der Waals surface area contributed by atoms with Gasteiger partial charge in [-0.25, -0.2) is 0 Å². The fourth-order valence-corrected chi connectivity index (χ4v) is 0.385. The van der Waals surface area contributed by atoms with Crippen LogP contribution in [0.4, 0.5) is 12.9 Å². The van der Waals surface area contributed by atoms with Crippen LogP contribution in [0.1, 0.15) is 6.92 Å². The van der Waals surface area contributed by atoms with Crippen LogP contribution < -0.4 is 0 Å². The largest absolute Gasteiger partial charge is 0.637 e. The van der Waals surface area contributed by atoms with Crippen molar-refractivity contribution in [3.8, 4) is 0 Å². The Morgan fingerprint density at radius 1 is 1.20 bits per heavy atom. The van der Waals surface area contributed by atoms with Crippen molar-refractivity contribution in [3.63, 3.8) is 0 Å². The Kier molecular flexibility index (Phi) is 4.47. The van der Waals surface area contributed by atoms with Gasteiger partial charge in [0.2, 0.25) is 0 Å². The predicted molar refractivity (Wildman–Crippen MR) is 31.5 cm³/mol. The standard InChI is InChI=1S/C4H9BF3O2/c1-2-9-3-4-10-5(6,7)8/h2-4H2,1H3/q-1. The third-order valence-corrected chi connectivity index (χ3v) is 0.739. The first-order valence-electron chi connectivity index (χ1n) is 2.96. The molecule has 6 heteroatoms. The van der Waals surface area contributed by atoms with Crippen molar-refractivity contribution in [2.45, 2.75) is 6.92 Å². The first kappa shape index (κ1) is 9.77. The lowest BCUT2D eigenvalue weighted by Gasteiger charge is -2.15. The normalized spacial score (nSPS) is 12.0. The molecule has 0 saturated heterocycles. The van der Waals surface area contributed by atoms with E-state index in [0.717, 1.165) is 0 Å². The van der Waals surface area contributed by atoms with E-state index in [9.17, 15) is 12.9 Å². The second-order valence-electron chi connectivity index (χ2n) is 1.58. The van der Waals surface area contributed by atoms with E-state index in [1.807, 2.05) is 0 Å². The molecule has 0 aliphatic rings. The zero-order valence-corrected chi connectivity index (χ0v) is 5.65. The summed E-state index contributed by atoms with van der Waals surface area (Å²) in [4.78, 5) is 0. The molecule has 0 unspecified atom stereocenters. The molecule has 0 bridgehead atoms. The van der Waals surface area contributed by atoms with Crippen LogP contribution in [0.2, 0.25) is 0 Å². The van der Waals surface area contributed by atoms with E-state index in [2.05, 4.69) is 9.39 Å². The molecule has 0 aromatic carbocycles. The summed E-state index contributed by atoms with van der Waals surface area (Å²) in [6, 6.07) is 0. The molecule has 0 spiro atoms. The minimum absolute atomic E-state index is 0.00222. The molecule has 0 aliphatic carbocycles. The lowest BCUT2D eigenvalue weighted by Crippen LogP contribution is -2.23. The summed E-state index contributed by atoms with van der Waals surface area (Å²) in [5, 5.41) is 0. The van der Waals surface area contributed by atoms with Crippen molar-refractivity contribution in [2.24, 2.45) is 0 Å². The van der Waals surface area contributed by atoms with Gasteiger partial charge in [-0.3, -0.25) is 0 Å². The summed E-state index contributed by atoms with van der Waals surface area (Å²) in [5.41, 5.74) is 0. The fourth-order valence-electron chi connectivity index (χ4n) is 0.385. The lowest BCUT2D eigenvalue weighted by atomic mass is 10.3. The van der Waals surface area contributed by atoms with E-state index in [1.165, 1.54) is 0 Å². The molecular weight excluding hydrogens is 148 g/mol. The molecule has 10 heavy (non-hydrogen) atoms. The van der Waals surface area contributed by atoms with Crippen LogP contribution in [0.3, 0.4) is 0 Å². The maximum absolute atomic E-state index is 11.3. The van der Waals surface area contributed by atoms with Crippen LogP contribution in [-0.4, -0.2) is 27.0 Å². The van der Waals surface area contributed by atoms with Crippen LogP contribution in [0.5, 0.6) is 0 Å². The minimum Gasteiger partial charge on any atom is -0.506 e. The molecule has 0 aromatic heterocycles. The zero-order valence-electron chi connectivity index (χ0n) is 5.65. The molecule has 0 atom stereocenters. The highest BCUT2D eigenvalue weighted by atomic mass is 19.4. The highest BCUT2D eigenvalue weighted by Crippen LogP contribution is 2.08. The first-order valence-corrected chi connectivity index (χ1v) is 2.96. The Morgan fingerprint density at radius 3 is 2.20 bits per heavy atom. The molecule has 0 rings (SSSR count). The fraction of sp³-hybridized carbons (Fsp3) is 1.00. The van der Waals surface area contributed by atoms with Gasteiger partial charge in [-0.15, -0.1) is 0 Å². The Balaban J connectivity index is 3.04. The smallest absolute Gasteiger partial charge is 0.506 e. The van der Waals surface area contributed by atoms with Gasteiger partial charge < -0.3 is 22.3 Å². The maximum atomic E-state index is 11.3. The molecule has 0 aliphatic heterocycles. The third-order valence-electron chi connectivity index (χ3n) is 0.739. The average Bonchev–Trinajstić information content (AvgIpc) is 1.78. The summed E-state index contributed by atoms with van der Waals surface area (Å²) < 4.78 is 41.9.